The number of anilines is 1. The number of nitrogens with two attached hydrogens (primary N) is 1. The summed E-state index contributed by atoms with van der Waals surface area (Å²) in [6.07, 6.45) is 2.61. The van der Waals surface area contributed by atoms with E-state index in [-0.39, 0.29) is 11.9 Å². The SMILES string of the molecule is COc1ccc(COc2ccc(C(=O)N[C@@H]3CCc4cc(-n5c(-c6cccnc6N)nc6ccc(-c7ccccc7)nc65)ccc43)cc2C2OCCO2)cc1. The van der Waals surface area contributed by atoms with Gasteiger partial charge in [0, 0.05) is 23.0 Å². The summed E-state index contributed by atoms with van der Waals surface area (Å²) in [6, 6.07) is 37.1. The zero-order valence-corrected chi connectivity index (χ0v) is 30.1. The number of ether oxygens (including phenoxy) is 4. The van der Waals surface area contributed by atoms with Crippen molar-refractivity contribution >= 4 is 22.9 Å². The smallest absolute Gasteiger partial charge is 0.251 e. The predicted molar refractivity (Wildman–Crippen MR) is 209 cm³/mol. The lowest BCUT2D eigenvalue weighted by molar-refractivity contribution is -0.0459. The quantitative estimate of drug-likeness (QED) is 0.145. The molecule has 4 heterocycles. The third-order valence-electron chi connectivity index (χ3n) is 10.1. The number of carbonyl (C=O) groups is 1. The Labute approximate surface area is 317 Å². The number of carbonyl (C=O) groups excluding carboxylic acids is 1. The lowest BCUT2D eigenvalue weighted by atomic mass is 10.0. The second kappa shape index (κ2) is 14.7. The first-order valence-corrected chi connectivity index (χ1v) is 18.2. The van der Waals surface area contributed by atoms with Crippen LogP contribution in [0, 0.1) is 0 Å². The van der Waals surface area contributed by atoms with Crippen LogP contribution in [0.25, 0.3) is 39.5 Å². The van der Waals surface area contributed by atoms with Crippen molar-refractivity contribution in [2.75, 3.05) is 26.1 Å². The fourth-order valence-corrected chi connectivity index (χ4v) is 7.32. The number of methoxy groups -OCH3 is 1. The van der Waals surface area contributed by atoms with E-state index in [0.717, 1.165) is 63.3 Å². The number of rotatable bonds is 10. The van der Waals surface area contributed by atoms with Gasteiger partial charge in [-0.05, 0) is 96.3 Å². The number of aromatic nitrogens is 4. The Morgan fingerprint density at radius 2 is 1.73 bits per heavy atom. The molecule has 1 fully saturated rings. The molecule has 3 aromatic heterocycles. The Hall–Kier alpha value is -6.56. The minimum absolute atomic E-state index is 0.166. The Morgan fingerprint density at radius 1 is 0.891 bits per heavy atom. The highest BCUT2D eigenvalue weighted by molar-refractivity contribution is 5.95. The van der Waals surface area contributed by atoms with Crippen LogP contribution in [0.3, 0.4) is 0 Å². The van der Waals surface area contributed by atoms with Crippen molar-refractivity contribution in [2.45, 2.75) is 31.8 Å². The zero-order chi connectivity index (χ0) is 37.3. The molecule has 55 heavy (non-hydrogen) atoms. The van der Waals surface area contributed by atoms with Crippen LogP contribution in [0.2, 0.25) is 0 Å². The normalized spacial score (nSPS) is 15.3. The number of amides is 1. The van der Waals surface area contributed by atoms with Crippen LogP contribution in [-0.4, -0.2) is 45.7 Å². The molecular formula is C44H38N6O5. The molecule has 2 aliphatic rings. The van der Waals surface area contributed by atoms with Crippen molar-refractivity contribution in [2.24, 2.45) is 0 Å². The van der Waals surface area contributed by atoms with E-state index in [4.69, 9.17) is 34.6 Å². The molecule has 1 saturated heterocycles. The van der Waals surface area contributed by atoms with Crippen LogP contribution in [0.15, 0.2) is 121 Å². The molecule has 274 valence electrons. The van der Waals surface area contributed by atoms with Gasteiger partial charge in [0.2, 0.25) is 0 Å². The maximum Gasteiger partial charge on any atom is 0.251 e. The van der Waals surface area contributed by atoms with E-state index >= 15 is 0 Å². The lowest BCUT2D eigenvalue weighted by Crippen LogP contribution is -2.27. The molecule has 0 spiro atoms. The van der Waals surface area contributed by atoms with Crippen LogP contribution in [-0.2, 0) is 22.5 Å². The molecular weight excluding hydrogens is 693 g/mol. The molecule has 1 atom stereocenters. The summed E-state index contributed by atoms with van der Waals surface area (Å²) in [5.74, 6) is 2.24. The Kier molecular flexibility index (Phi) is 9.14. The first-order valence-electron chi connectivity index (χ1n) is 18.2. The van der Waals surface area contributed by atoms with E-state index < -0.39 is 6.29 Å². The maximum absolute atomic E-state index is 13.8. The van der Waals surface area contributed by atoms with Gasteiger partial charge < -0.3 is 30.0 Å². The van der Waals surface area contributed by atoms with Gasteiger partial charge >= 0.3 is 0 Å². The summed E-state index contributed by atoms with van der Waals surface area (Å²) >= 11 is 0. The highest BCUT2D eigenvalue weighted by Gasteiger charge is 2.28. The molecule has 9 rings (SSSR count). The summed E-state index contributed by atoms with van der Waals surface area (Å²) < 4.78 is 25.2. The van der Waals surface area contributed by atoms with Crippen molar-refractivity contribution in [3.63, 3.8) is 0 Å². The molecule has 4 aromatic carbocycles. The standard InChI is InChI=1S/C44H38N6O5/c1-52-32-14-9-27(10-15-32)26-55-39-20-12-30(25-35(39)44-53-22-23-54-44)43(51)49-37-17-11-29-24-31(13-16-33(29)37)50-41(34-8-5-21-46-40(34)45)48-38-19-18-36(47-42(38)50)28-6-3-2-4-7-28/h2-10,12-16,18-21,24-25,37,44H,11,17,22-23,26H2,1H3,(H2,45,46)(H,49,51)/t37-/m1/s1. The fourth-order valence-electron chi connectivity index (χ4n) is 7.32. The zero-order valence-electron chi connectivity index (χ0n) is 30.1. The molecule has 11 nitrogen and oxygen atoms in total. The molecule has 1 amide bonds. The molecule has 1 aliphatic heterocycles. The van der Waals surface area contributed by atoms with Gasteiger partial charge in [0.15, 0.2) is 17.8 Å². The van der Waals surface area contributed by atoms with Crippen LogP contribution >= 0.6 is 0 Å². The van der Waals surface area contributed by atoms with Crippen LogP contribution in [0.5, 0.6) is 11.5 Å². The first-order chi connectivity index (χ1) is 27.0. The molecule has 11 heteroatoms. The third-order valence-corrected chi connectivity index (χ3v) is 10.1. The van der Waals surface area contributed by atoms with Crippen LogP contribution in [0.4, 0.5) is 5.82 Å². The van der Waals surface area contributed by atoms with E-state index in [2.05, 4.69) is 28.5 Å². The van der Waals surface area contributed by atoms with E-state index in [0.29, 0.717) is 54.0 Å². The number of hydrogen-bond donors (Lipinski definition) is 2. The maximum atomic E-state index is 13.8. The summed E-state index contributed by atoms with van der Waals surface area (Å²) in [4.78, 5) is 28.3. The van der Waals surface area contributed by atoms with Gasteiger partial charge in [-0.1, -0.05) is 48.5 Å². The van der Waals surface area contributed by atoms with Crippen molar-refractivity contribution in [1.82, 2.24) is 24.8 Å². The second-order valence-corrected chi connectivity index (χ2v) is 13.5. The van der Waals surface area contributed by atoms with Gasteiger partial charge in [0.05, 0.1) is 43.2 Å². The summed E-state index contributed by atoms with van der Waals surface area (Å²) in [5, 5.41) is 3.28. The first kappa shape index (κ1) is 34.2. The molecule has 0 saturated carbocycles. The highest BCUT2D eigenvalue weighted by Crippen LogP contribution is 2.37. The van der Waals surface area contributed by atoms with Gasteiger partial charge in [-0.2, -0.15) is 0 Å². The minimum atomic E-state index is -0.617. The van der Waals surface area contributed by atoms with Crippen molar-refractivity contribution < 1.29 is 23.7 Å². The number of imidazole rings is 1. The van der Waals surface area contributed by atoms with E-state index in [1.165, 1.54) is 0 Å². The number of fused-ring (bicyclic) bond motifs is 2. The molecule has 0 radical (unpaired) electrons. The van der Waals surface area contributed by atoms with Gasteiger partial charge in [-0.3, -0.25) is 9.36 Å². The number of hydrogen-bond acceptors (Lipinski definition) is 9. The van der Waals surface area contributed by atoms with Crippen molar-refractivity contribution in [3.8, 4) is 39.8 Å². The predicted octanol–water partition coefficient (Wildman–Crippen LogP) is 7.78. The Bertz CT molecular complexity index is 2510. The molecule has 0 unspecified atom stereocenters. The Balaban J connectivity index is 0.997. The van der Waals surface area contributed by atoms with Gasteiger partial charge in [-0.15, -0.1) is 0 Å². The van der Waals surface area contributed by atoms with E-state index in [1.807, 2.05) is 89.5 Å². The summed E-state index contributed by atoms with van der Waals surface area (Å²) in [6.45, 7) is 1.28. The van der Waals surface area contributed by atoms with Gasteiger partial charge in [0.25, 0.3) is 5.91 Å². The van der Waals surface area contributed by atoms with Crippen LogP contribution in [0.1, 0.15) is 51.4 Å². The number of aryl methyl sites for hydroxylation is 1. The highest BCUT2D eigenvalue weighted by atomic mass is 16.7. The molecule has 3 N–H and O–H groups in total. The molecule has 0 bridgehead atoms. The average Bonchev–Trinajstić information content (AvgIpc) is 4.00. The van der Waals surface area contributed by atoms with Crippen LogP contribution < -0.4 is 20.5 Å². The van der Waals surface area contributed by atoms with E-state index in [9.17, 15) is 4.79 Å². The number of nitrogens with zero attached hydrogens (tertiary/aromatic N) is 4. The summed E-state index contributed by atoms with van der Waals surface area (Å²) in [5.41, 5.74) is 15.7. The largest absolute Gasteiger partial charge is 0.497 e. The average molecular weight is 731 g/mol. The number of nitrogen functional groups attached to an aromatic ring is 1. The third kappa shape index (κ3) is 6.75. The topological polar surface area (TPSA) is 136 Å². The van der Waals surface area contributed by atoms with Gasteiger partial charge in [0.1, 0.15) is 29.4 Å². The number of nitrogens with one attached hydrogen (secondary N) is 1. The van der Waals surface area contributed by atoms with E-state index in [1.54, 1.807) is 25.4 Å². The minimum Gasteiger partial charge on any atom is -0.497 e. The van der Waals surface area contributed by atoms with Crippen molar-refractivity contribution in [1.29, 1.82) is 0 Å². The monoisotopic (exact) mass is 730 g/mol. The Morgan fingerprint density at radius 3 is 2.53 bits per heavy atom. The lowest BCUT2D eigenvalue weighted by Gasteiger charge is -2.19. The second-order valence-electron chi connectivity index (χ2n) is 13.5. The molecule has 1 aliphatic carbocycles. The van der Waals surface area contributed by atoms with Crippen molar-refractivity contribution in [3.05, 3.63) is 149 Å². The number of pyridine rings is 2. The van der Waals surface area contributed by atoms with Gasteiger partial charge in [-0.25, -0.2) is 15.0 Å². The number of benzene rings is 4. The summed E-state index contributed by atoms with van der Waals surface area (Å²) in [7, 11) is 1.64. The fraction of sp³-hybridized carbons (Fsp3) is 0.182. The molecule has 7 aromatic rings.